The van der Waals surface area contributed by atoms with Gasteiger partial charge in [-0.2, -0.15) is 0 Å². The molecule has 3 aromatic heterocycles. The Morgan fingerprint density at radius 2 is 0.760 bits per heavy atom. The number of para-hydroxylation sites is 3. The van der Waals surface area contributed by atoms with Crippen molar-refractivity contribution in [2.24, 2.45) is 0 Å². The van der Waals surface area contributed by atoms with Gasteiger partial charge < -0.3 is 9.13 Å². The van der Waals surface area contributed by atoms with Gasteiger partial charge in [0.1, 0.15) is 0 Å². The Bertz CT molecular complexity index is 2790. The third-order valence-electron chi connectivity index (χ3n) is 9.89. The Kier molecular flexibility index (Phi) is 6.49. The van der Waals surface area contributed by atoms with Crippen molar-refractivity contribution in [3.8, 4) is 45.0 Å². The lowest BCUT2D eigenvalue weighted by molar-refractivity contribution is 1.15. The standard InChI is InChI=1S/C47H31N3/c1-4-15-32(16-5-1)35-30-42(33-17-6-2-7-18-33)48-43(31-35)34-19-14-22-37(29-34)50-45-26-13-11-24-39(45)41-28-27-40-38-23-10-12-25-44(38)49(46(40)47(41)50)36-20-8-3-9-21-36/h1-31H. The molecule has 234 valence electrons. The lowest BCUT2D eigenvalue weighted by Crippen LogP contribution is -1.99. The van der Waals surface area contributed by atoms with Crippen molar-refractivity contribution in [2.45, 2.75) is 0 Å². The summed E-state index contributed by atoms with van der Waals surface area (Å²) < 4.78 is 4.89. The number of pyridine rings is 1. The average molecular weight is 638 g/mol. The largest absolute Gasteiger partial charge is 0.307 e. The topological polar surface area (TPSA) is 22.8 Å². The van der Waals surface area contributed by atoms with Gasteiger partial charge in [0, 0.05) is 44.0 Å². The molecule has 0 bridgehead atoms. The first-order chi connectivity index (χ1) is 24.8. The summed E-state index contributed by atoms with van der Waals surface area (Å²) in [4.78, 5) is 5.27. The van der Waals surface area contributed by atoms with Crippen molar-refractivity contribution < 1.29 is 0 Å². The van der Waals surface area contributed by atoms with E-state index in [0.717, 1.165) is 39.5 Å². The molecule has 0 aliphatic carbocycles. The summed E-state index contributed by atoms with van der Waals surface area (Å²) in [6, 6.07) is 67.2. The van der Waals surface area contributed by atoms with E-state index in [-0.39, 0.29) is 0 Å². The molecule has 10 aromatic rings. The molecule has 0 N–H and O–H groups in total. The van der Waals surface area contributed by atoms with Gasteiger partial charge in [-0.1, -0.05) is 140 Å². The summed E-state index contributed by atoms with van der Waals surface area (Å²) in [5, 5.41) is 4.94. The zero-order valence-electron chi connectivity index (χ0n) is 27.2. The molecule has 0 amide bonds. The van der Waals surface area contributed by atoms with Crippen LogP contribution in [0.5, 0.6) is 0 Å². The van der Waals surface area contributed by atoms with Crippen LogP contribution in [0.4, 0.5) is 0 Å². The molecule has 0 saturated heterocycles. The molecule has 0 spiro atoms. The predicted molar refractivity (Wildman–Crippen MR) is 209 cm³/mol. The van der Waals surface area contributed by atoms with Crippen LogP contribution in [-0.2, 0) is 0 Å². The molecule has 0 radical (unpaired) electrons. The molecular weight excluding hydrogens is 607 g/mol. The highest BCUT2D eigenvalue weighted by atomic mass is 15.0. The first kappa shape index (κ1) is 28.3. The minimum atomic E-state index is 0.941. The lowest BCUT2D eigenvalue weighted by Gasteiger charge is -2.14. The maximum absolute atomic E-state index is 5.27. The van der Waals surface area contributed by atoms with E-state index >= 15 is 0 Å². The van der Waals surface area contributed by atoms with Crippen molar-refractivity contribution in [1.29, 1.82) is 0 Å². The van der Waals surface area contributed by atoms with Gasteiger partial charge in [-0.05, 0) is 59.7 Å². The maximum atomic E-state index is 5.27. The van der Waals surface area contributed by atoms with Crippen molar-refractivity contribution in [3.63, 3.8) is 0 Å². The van der Waals surface area contributed by atoms with E-state index in [4.69, 9.17) is 4.98 Å². The molecule has 0 aliphatic heterocycles. The molecule has 0 aliphatic rings. The van der Waals surface area contributed by atoms with E-state index in [9.17, 15) is 0 Å². The third-order valence-corrected chi connectivity index (χ3v) is 9.89. The minimum Gasteiger partial charge on any atom is -0.307 e. The van der Waals surface area contributed by atoms with Crippen LogP contribution in [0.3, 0.4) is 0 Å². The minimum absolute atomic E-state index is 0.941. The van der Waals surface area contributed by atoms with Crippen LogP contribution in [-0.4, -0.2) is 14.1 Å². The third kappa shape index (κ3) is 4.48. The second kappa shape index (κ2) is 11.5. The van der Waals surface area contributed by atoms with Crippen molar-refractivity contribution in [3.05, 3.63) is 188 Å². The second-order valence-corrected chi connectivity index (χ2v) is 12.8. The number of rotatable bonds is 5. The van der Waals surface area contributed by atoms with E-state index in [1.54, 1.807) is 0 Å². The van der Waals surface area contributed by atoms with Crippen LogP contribution >= 0.6 is 0 Å². The molecular formula is C47H31N3. The summed E-state index contributed by atoms with van der Waals surface area (Å²) in [5.74, 6) is 0. The summed E-state index contributed by atoms with van der Waals surface area (Å²) in [5.41, 5.74) is 13.4. The zero-order chi connectivity index (χ0) is 33.0. The van der Waals surface area contributed by atoms with Crippen LogP contribution in [0.1, 0.15) is 0 Å². The van der Waals surface area contributed by atoms with E-state index in [1.165, 1.54) is 49.2 Å². The average Bonchev–Trinajstić information content (AvgIpc) is 3.72. The van der Waals surface area contributed by atoms with E-state index in [0.29, 0.717) is 0 Å². The molecule has 0 fully saturated rings. The van der Waals surface area contributed by atoms with E-state index in [1.807, 2.05) is 0 Å². The molecule has 50 heavy (non-hydrogen) atoms. The molecule has 0 atom stereocenters. The number of nitrogens with zero attached hydrogens (tertiary/aromatic N) is 3. The zero-order valence-corrected chi connectivity index (χ0v) is 27.2. The van der Waals surface area contributed by atoms with Crippen LogP contribution in [0.2, 0.25) is 0 Å². The lowest BCUT2D eigenvalue weighted by atomic mass is 10.00. The number of fused-ring (bicyclic) bond motifs is 7. The monoisotopic (exact) mass is 637 g/mol. The molecule has 3 nitrogen and oxygen atoms in total. The Balaban J connectivity index is 1.27. The Labute approximate surface area is 290 Å². The molecule has 3 heteroatoms. The Morgan fingerprint density at radius 1 is 0.300 bits per heavy atom. The maximum Gasteiger partial charge on any atom is 0.0788 e. The second-order valence-electron chi connectivity index (χ2n) is 12.8. The van der Waals surface area contributed by atoms with E-state index < -0.39 is 0 Å². The number of benzene rings is 7. The van der Waals surface area contributed by atoms with Crippen molar-refractivity contribution in [2.75, 3.05) is 0 Å². The SMILES string of the molecule is c1ccc(-c2cc(-c3ccccc3)nc(-c3cccc(-n4c5ccccc5c5ccc6c7ccccc7n(-c7ccccc7)c6c54)c3)c2)cc1. The molecule has 0 saturated carbocycles. The summed E-state index contributed by atoms with van der Waals surface area (Å²) in [7, 11) is 0. The first-order valence-corrected chi connectivity index (χ1v) is 17.1. The molecule has 3 heterocycles. The van der Waals surface area contributed by atoms with Crippen LogP contribution in [0.25, 0.3) is 88.6 Å². The van der Waals surface area contributed by atoms with Gasteiger partial charge in [0.15, 0.2) is 0 Å². The van der Waals surface area contributed by atoms with Gasteiger partial charge in [-0.25, -0.2) is 4.98 Å². The molecule has 7 aromatic carbocycles. The molecule has 0 unspecified atom stereocenters. The highest BCUT2D eigenvalue weighted by Crippen LogP contribution is 2.42. The van der Waals surface area contributed by atoms with Crippen molar-refractivity contribution >= 4 is 43.6 Å². The summed E-state index contributed by atoms with van der Waals surface area (Å²) >= 11 is 0. The number of hydrogen-bond acceptors (Lipinski definition) is 1. The fourth-order valence-corrected chi connectivity index (χ4v) is 7.65. The van der Waals surface area contributed by atoms with Gasteiger partial charge in [0.25, 0.3) is 0 Å². The fourth-order valence-electron chi connectivity index (χ4n) is 7.65. The quantitative estimate of drug-likeness (QED) is 0.184. The van der Waals surface area contributed by atoms with Crippen LogP contribution < -0.4 is 0 Å². The highest BCUT2D eigenvalue weighted by Gasteiger charge is 2.21. The van der Waals surface area contributed by atoms with Crippen molar-refractivity contribution in [1.82, 2.24) is 14.1 Å². The van der Waals surface area contributed by atoms with Gasteiger partial charge in [-0.3, -0.25) is 0 Å². The summed E-state index contributed by atoms with van der Waals surface area (Å²) in [6.45, 7) is 0. The summed E-state index contributed by atoms with van der Waals surface area (Å²) in [6.07, 6.45) is 0. The fraction of sp³-hybridized carbons (Fsp3) is 0. The number of aromatic nitrogens is 3. The Morgan fingerprint density at radius 3 is 1.38 bits per heavy atom. The number of hydrogen-bond donors (Lipinski definition) is 0. The van der Waals surface area contributed by atoms with Gasteiger partial charge >= 0.3 is 0 Å². The highest BCUT2D eigenvalue weighted by molar-refractivity contribution is 6.23. The smallest absolute Gasteiger partial charge is 0.0788 e. The van der Waals surface area contributed by atoms with Crippen LogP contribution in [0, 0.1) is 0 Å². The molecule has 10 rings (SSSR count). The Hall–Kier alpha value is -6.71. The van der Waals surface area contributed by atoms with Gasteiger partial charge in [0.05, 0.1) is 33.5 Å². The predicted octanol–water partition coefficient (Wildman–Crippen LogP) is 12.3. The normalized spacial score (nSPS) is 11.6. The van der Waals surface area contributed by atoms with E-state index in [2.05, 4.69) is 197 Å². The van der Waals surface area contributed by atoms with Gasteiger partial charge in [-0.15, -0.1) is 0 Å². The van der Waals surface area contributed by atoms with Crippen LogP contribution in [0.15, 0.2) is 188 Å². The van der Waals surface area contributed by atoms with Gasteiger partial charge in [0.2, 0.25) is 0 Å². The first-order valence-electron chi connectivity index (χ1n) is 17.1.